The maximum absolute atomic E-state index is 14.3. The quantitative estimate of drug-likeness (QED) is 0.280. The van der Waals surface area contributed by atoms with Crippen LogP contribution in [0.25, 0.3) is 0 Å². The lowest BCUT2D eigenvalue weighted by Gasteiger charge is -2.29. The van der Waals surface area contributed by atoms with Gasteiger partial charge in [0.1, 0.15) is 11.6 Å². The van der Waals surface area contributed by atoms with E-state index in [0.29, 0.717) is 30.6 Å². The van der Waals surface area contributed by atoms with Crippen LogP contribution in [0.1, 0.15) is 49.3 Å². The second kappa shape index (κ2) is 13.1. The van der Waals surface area contributed by atoms with Gasteiger partial charge in [-0.2, -0.15) is 0 Å². The Hall–Kier alpha value is -2.81. The smallest absolute Gasteiger partial charge is 0.242 e. The van der Waals surface area contributed by atoms with Crippen molar-refractivity contribution in [2.75, 3.05) is 11.9 Å². The van der Waals surface area contributed by atoms with Gasteiger partial charge in [0.25, 0.3) is 0 Å². The Bertz CT molecular complexity index is 1180. The van der Waals surface area contributed by atoms with Crippen LogP contribution in [-0.2, 0) is 30.7 Å². The summed E-state index contributed by atoms with van der Waals surface area (Å²) in [6.45, 7) is 4.43. The summed E-state index contributed by atoms with van der Waals surface area (Å²) >= 11 is 5.92. The Morgan fingerprint density at radius 1 is 1.24 bits per heavy atom. The molecule has 1 aliphatic carbocycles. The Morgan fingerprint density at radius 3 is 2.84 bits per heavy atom. The molecular formula is C28H34ClF2N5O. The average molecular weight is 530 g/mol. The molecular weight excluding hydrogens is 496 g/mol. The van der Waals surface area contributed by atoms with Gasteiger partial charge in [-0.15, -0.1) is 0 Å². The van der Waals surface area contributed by atoms with E-state index in [-0.39, 0.29) is 11.9 Å². The Morgan fingerprint density at radius 2 is 2.05 bits per heavy atom. The van der Waals surface area contributed by atoms with Crippen molar-refractivity contribution in [2.24, 2.45) is 0 Å². The highest BCUT2D eigenvalue weighted by molar-refractivity contribution is 6.30. The van der Waals surface area contributed by atoms with Crippen molar-refractivity contribution in [3.8, 4) is 0 Å². The maximum Gasteiger partial charge on any atom is 0.242 e. The molecule has 1 aliphatic rings. The highest BCUT2D eigenvalue weighted by atomic mass is 35.5. The first-order valence-electron chi connectivity index (χ1n) is 12.9. The molecule has 0 aliphatic heterocycles. The number of fused-ring (bicyclic) bond motifs is 1. The minimum Gasteiger partial charge on any atom is -0.335 e. The number of nitrogens with zero attached hydrogens (tertiary/aromatic N) is 2. The van der Waals surface area contributed by atoms with Crippen LogP contribution in [0.3, 0.4) is 0 Å². The number of halogens is 3. The van der Waals surface area contributed by atoms with Crippen LogP contribution in [-0.4, -0.2) is 34.1 Å². The van der Waals surface area contributed by atoms with E-state index in [4.69, 9.17) is 11.6 Å². The fourth-order valence-corrected chi connectivity index (χ4v) is 4.90. The number of anilines is 1. The summed E-state index contributed by atoms with van der Waals surface area (Å²) in [4.78, 5) is 17.4. The topological polar surface area (TPSA) is 71.0 Å². The van der Waals surface area contributed by atoms with Crippen molar-refractivity contribution in [3.05, 3.63) is 82.3 Å². The number of benzene rings is 2. The van der Waals surface area contributed by atoms with Gasteiger partial charge in [0, 0.05) is 36.4 Å². The molecule has 3 aromatic rings. The van der Waals surface area contributed by atoms with Gasteiger partial charge in [-0.05, 0) is 73.5 Å². The van der Waals surface area contributed by atoms with E-state index >= 15 is 0 Å². The molecule has 1 amide bonds. The van der Waals surface area contributed by atoms with Gasteiger partial charge in [0.2, 0.25) is 5.91 Å². The van der Waals surface area contributed by atoms with Crippen LogP contribution in [0.15, 0.2) is 48.9 Å². The molecule has 0 radical (unpaired) electrons. The van der Waals surface area contributed by atoms with Crippen molar-refractivity contribution < 1.29 is 13.6 Å². The van der Waals surface area contributed by atoms with Gasteiger partial charge >= 0.3 is 0 Å². The highest BCUT2D eigenvalue weighted by Gasteiger charge is 2.27. The van der Waals surface area contributed by atoms with Crippen molar-refractivity contribution in [2.45, 2.75) is 70.6 Å². The summed E-state index contributed by atoms with van der Waals surface area (Å²) < 4.78 is 29.8. The standard InChI is InChI=1S/C28H34ClF2N5O/c1-2-4-26(34-23-10-7-20-13-22(30)14-25(31)24(20)15-23)28(37)35-27-17-36(18-33-27)12-3-11-32-16-19-5-8-21(29)9-6-19/h5-6,8-9,13-14,17-18,23,26,32,34H,2-4,7,10-12,15-16H2,1H3,(H,35,37)/t23?,26-/m0/s1. The van der Waals surface area contributed by atoms with Gasteiger partial charge < -0.3 is 20.5 Å². The summed E-state index contributed by atoms with van der Waals surface area (Å²) in [5.41, 5.74) is 2.45. The second-order valence-electron chi connectivity index (χ2n) is 9.62. The number of aromatic nitrogens is 2. The number of imidazole rings is 1. The van der Waals surface area contributed by atoms with E-state index in [1.54, 1.807) is 6.33 Å². The lowest BCUT2D eigenvalue weighted by Crippen LogP contribution is -2.48. The number of hydrogen-bond acceptors (Lipinski definition) is 4. The normalized spacial score (nSPS) is 15.8. The van der Waals surface area contributed by atoms with Crippen LogP contribution in [0, 0.1) is 11.6 Å². The molecule has 9 heteroatoms. The summed E-state index contributed by atoms with van der Waals surface area (Å²) in [5, 5.41) is 10.5. The average Bonchev–Trinajstić information content (AvgIpc) is 3.32. The number of carbonyl (C=O) groups excluding carboxylic acids is 1. The van der Waals surface area contributed by atoms with E-state index in [9.17, 15) is 13.6 Å². The third kappa shape index (κ3) is 7.84. The first kappa shape index (κ1) is 27.2. The van der Waals surface area contributed by atoms with E-state index in [0.717, 1.165) is 55.5 Å². The van der Waals surface area contributed by atoms with E-state index in [1.165, 1.54) is 11.6 Å². The Kier molecular flexibility index (Phi) is 9.66. The Balaban J connectivity index is 1.23. The van der Waals surface area contributed by atoms with Crippen molar-refractivity contribution in [3.63, 3.8) is 0 Å². The third-order valence-corrected chi connectivity index (χ3v) is 6.94. The number of hydrogen-bond donors (Lipinski definition) is 3. The van der Waals surface area contributed by atoms with Gasteiger partial charge in [-0.25, -0.2) is 13.8 Å². The fraction of sp³-hybridized carbons (Fsp3) is 0.429. The highest BCUT2D eigenvalue weighted by Crippen LogP contribution is 2.26. The molecule has 3 N–H and O–H groups in total. The molecule has 37 heavy (non-hydrogen) atoms. The molecule has 198 valence electrons. The molecule has 0 saturated carbocycles. The predicted molar refractivity (Wildman–Crippen MR) is 143 cm³/mol. The molecule has 6 nitrogen and oxygen atoms in total. The van der Waals surface area contributed by atoms with Crippen molar-refractivity contribution in [1.82, 2.24) is 20.2 Å². The number of amides is 1. The zero-order valence-electron chi connectivity index (χ0n) is 21.1. The molecule has 0 bridgehead atoms. The second-order valence-corrected chi connectivity index (χ2v) is 10.1. The van der Waals surface area contributed by atoms with Gasteiger partial charge in [-0.1, -0.05) is 37.1 Å². The number of rotatable bonds is 12. The molecule has 2 atom stereocenters. The summed E-state index contributed by atoms with van der Waals surface area (Å²) in [7, 11) is 0. The first-order valence-corrected chi connectivity index (χ1v) is 13.3. The Labute approximate surface area is 221 Å². The third-order valence-electron chi connectivity index (χ3n) is 6.69. The number of carbonyl (C=O) groups is 1. The van der Waals surface area contributed by atoms with E-state index in [2.05, 4.69) is 20.9 Å². The predicted octanol–water partition coefficient (Wildman–Crippen LogP) is 5.25. The summed E-state index contributed by atoms with van der Waals surface area (Å²) in [6.07, 6.45) is 7.70. The van der Waals surface area contributed by atoms with Crippen LogP contribution < -0.4 is 16.0 Å². The summed E-state index contributed by atoms with van der Waals surface area (Å²) in [6, 6.07) is 9.67. The molecule has 1 unspecified atom stereocenters. The van der Waals surface area contributed by atoms with Gasteiger partial charge in [0.05, 0.1) is 12.4 Å². The minimum atomic E-state index is -0.542. The minimum absolute atomic E-state index is 0.0484. The van der Waals surface area contributed by atoms with E-state index in [1.807, 2.05) is 42.0 Å². The molecule has 1 aromatic heterocycles. The largest absolute Gasteiger partial charge is 0.335 e. The van der Waals surface area contributed by atoms with Crippen molar-refractivity contribution >= 4 is 23.3 Å². The molecule has 4 rings (SSSR count). The zero-order valence-corrected chi connectivity index (χ0v) is 21.8. The molecule has 0 spiro atoms. The van der Waals surface area contributed by atoms with Gasteiger partial charge in [-0.3, -0.25) is 4.79 Å². The zero-order chi connectivity index (χ0) is 26.2. The van der Waals surface area contributed by atoms with Gasteiger partial charge in [0.15, 0.2) is 5.82 Å². The monoisotopic (exact) mass is 529 g/mol. The van der Waals surface area contributed by atoms with Crippen molar-refractivity contribution in [1.29, 1.82) is 0 Å². The first-order chi connectivity index (χ1) is 17.9. The maximum atomic E-state index is 14.3. The lowest BCUT2D eigenvalue weighted by atomic mass is 9.87. The molecule has 0 saturated heterocycles. The summed E-state index contributed by atoms with van der Waals surface area (Å²) in [5.74, 6) is -0.692. The number of aryl methyl sites for hydroxylation is 2. The number of nitrogens with one attached hydrogen (secondary N) is 3. The molecule has 1 heterocycles. The molecule has 0 fully saturated rings. The molecule has 2 aromatic carbocycles. The van der Waals surface area contributed by atoms with E-state index < -0.39 is 17.7 Å². The van der Waals surface area contributed by atoms with Crippen LogP contribution in [0.5, 0.6) is 0 Å². The van der Waals surface area contributed by atoms with Crippen LogP contribution in [0.4, 0.5) is 14.6 Å². The van der Waals surface area contributed by atoms with Crippen LogP contribution >= 0.6 is 11.6 Å². The fourth-order valence-electron chi connectivity index (χ4n) is 4.77. The SMILES string of the molecule is CCC[C@H](NC1CCc2cc(F)cc(F)c2C1)C(=O)Nc1cn(CCCNCc2ccc(Cl)cc2)cn1. The van der Waals surface area contributed by atoms with Crippen LogP contribution in [0.2, 0.25) is 5.02 Å². The lowest BCUT2D eigenvalue weighted by molar-refractivity contribution is -0.118.